The number of nitrogens with one attached hydrogen (secondary N) is 1. The topological polar surface area (TPSA) is 79.7 Å². The van der Waals surface area contributed by atoms with Crippen LogP contribution in [-0.4, -0.2) is 36.6 Å². The van der Waals surface area contributed by atoms with Crippen LogP contribution in [0.4, 0.5) is 4.39 Å². The molecule has 5 rings (SSSR count). The number of rotatable bonds is 10. The average molecular weight is 511 g/mol. The lowest BCUT2D eigenvalue weighted by Gasteiger charge is -2.30. The number of pyridine rings is 1. The first-order chi connectivity index (χ1) is 18.5. The summed E-state index contributed by atoms with van der Waals surface area (Å²) in [6.45, 7) is 5.72. The number of halogens is 1. The van der Waals surface area contributed by atoms with Crippen LogP contribution in [0.2, 0.25) is 0 Å². The molecule has 0 bridgehead atoms. The second-order valence-electron chi connectivity index (χ2n) is 9.67. The summed E-state index contributed by atoms with van der Waals surface area (Å²) >= 11 is 0. The van der Waals surface area contributed by atoms with Crippen molar-refractivity contribution in [1.29, 1.82) is 0 Å². The monoisotopic (exact) mass is 510 g/mol. The van der Waals surface area contributed by atoms with Crippen LogP contribution in [0.25, 0.3) is 10.9 Å². The van der Waals surface area contributed by atoms with Crippen molar-refractivity contribution in [1.82, 2.24) is 30.1 Å². The molecule has 0 radical (unpaired) electrons. The molecule has 194 valence electrons. The van der Waals surface area contributed by atoms with E-state index in [-0.39, 0.29) is 17.4 Å². The highest BCUT2D eigenvalue weighted by Gasteiger charge is 2.26. The Labute approximate surface area is 220 Å². The van der Waals surface area contributed by atoms with Crippen LogP contribution in [0, 0.1) is 12.7 Å². The highest BCUT2D eigenvalue weighted by Crippen LogP contribution is 2.25. The first kappa shape index (κ1) is 25.5. The van der Waals surface area contributed by atoms with Gasteiger partial charge in [0.25, 0.3) is 5.56 Å². The molecule has 5 aromatic rings. The van der Waals surface area contributed by atoms with Crippen molar-refractivity contribution < 1.29 is 4.39 Å². The fourth-order valence-electron chi connectivity index (χ4n) is 4.89. The van der Waals surface area contributed by atoms with Gasteiger partial charge in [-0.15, -0.1) is 5.10 Å². The number of benzene rings is 3. The third kappa shape index (κ3) is 5.86. The van der Waals surface area contributed by atoms with Gasteiger partial charge in [-0.05, 0) is 76.5 Å². The third-order valence-electron chi connectivity index (χ3n) is 6.91. The molecule has 0 aliphatic carbocycles. The van der Waals surface area contributed by atoms with Gasteiger partial charge in [0.2, 0.25) is 0 Å². The number of hydrogen-bond donors (Lipinski definition) is 1. The zero-order valence-electron chi connectivity index (χ0n) is 21.6. The molecule has 1 unspecified atom stereocenters. The number of fused-ring (bicyclic) bond motifs is 1. The van der Waals surface area contributed by atoms with Crippen molar-refractivity contribution in [3.05, 3.63) is 123 Å². The van der Waals surface area contributed by atoms with Crippen LogP contribution in [0.5, 0.6) is 0 Å². The standard InChI is InChI=1S/C30H31FN6O/c1-3-28(29-33-34-35-37(29)19-23-10-13-26(31)14-11-23)36(16-15-22-7-5-4-6-8-22)20-25-18-24-12-9-21(2)17-27(24)32-30(25)38/h4-14,17-18,28H,3,15-16,19-20H2,1-2H3,(H,32,38). The van der Waals surface area contributed by atoms with E-state index in [1.165, 1.54) is 17.7 Å². The van der Waals surface area contributed by atoms with Gasteiger partial charge in [-0.2, -0.15) is 0 Å². The van der Waals surface area contributed by atoms with Crippen molar-refractivity contribution >= 4 is 10.9 Å². The zero-order valence-corrected chi connectivity index (χ0v) is 21.6. The molecule has 0 aliphatic heterocycles. The predicted octanol–water partition coefficient (Wildman–Crippen LogP) is 5.21. The van der Waals surface area contributed by atoms with E-state index < -0.39 is 0 Å². The maximum absolute atomic E-state index is 13.4. The lowest BCUT2D eigenvalue weighted by atomic mass is 10.1. The Kier molecular flexibility index (Phi) is 7.70. The molecule has 0 amide bonds. The Hall–Kier alpha value is -4.17. The van der Waals surface area contributed by atoms with E-state index in [1.54, 1.807) is 16.8 Å². The molecule has 1 atom stereocenters. The molecule has 3 aromatic carbocycles. The molecule has 0 saturated carbocycles. The van der Waals surface area contributed by atoms with E-state index in [0.29, 0.717) is 18.7 Å². The summed E-state index contributed by atoms with van der Waals surface area (Å²) in [7, 11) is 0. The summed E-state index contributed by atoms with van der Waals surface area (Å²) in [6, 6.07) is 24.6. The predicted molar refractivity (Wildman–Crippen MR) is 146 cm³/mol. The van der Waals surface area contributed by atoms with Crippen molar-refractivity contribution in [2.24, 2.45) is 0 Å². The van der Waals surface area contributed by atoms with E-state index in [2.05, 4.69) is 50.5 Å². The summed E-state index contributed by atoms with van der Waals surface area (Å²) in [4.78, 5) is 18.5. The second kappa shape index (κ2) is 11.5. The zero-order chi connectivity index (χ0) is 26.5. The Morgan fingerprint density at radius 2 is 1.79 bits per heavy atom. The van der Waals surface area contributed by atoms with Crippen molar-refractivity contribution in [2.45, 2.75) is 45.8 Å². The Morgan fingerprint density at radius 3 is 2.55 bits per heavy atom. The van der Waals surface area contributed by atoms with Crippen LogP contribution in [0.15, 0.2) is 83.7 Å². The molecular weight excluding hydrogens is 479 g/mol. The summed E-state index contributed by atoms with van der Waals surface area (Å²) in [5, 5.41) is 13.6. The van der Waals surface area contributed by atoms with Gasteiger partial charge in [0.15, 0.2) is 5.82 Å². The van der Waals surface area contributed by atoms with E-state index >= 15 is 0 Å². The summed E-state index contributed by atoms with van der Waals surface area (Å²) in [5.41, 5.74) is 4.68. The van der Waals surface area contributed by atoms with E-state index in [0.717, 1.165) is 47.2 Å². The fraction of sp³-hybridized carbons (Fsp3) is 0.267. The van der Waals surface area contributed by atoms with Gasteiger partial charge in [0, 0.05) is 24.2 Å². The van der Waals surface area contributed by atoms with Crippen molar-refractivity contribution in [2.75, 3.05) is 6.54 Å². The lowest BCUT2D eigenvalue weighted by molar-refractivity contribution is 0.172. The van der Waals surface area contributed by atoms with E-state index in [4.69, 9.17) is 0 Å². The van der Waals surface area contributed by atoms with Crippen molar-refractivity contribution in [3.8, 4) is 0 Å². The number of nitrogens with zero attached hydrogens (tertiary/aromatic N) is 5. The molecule has 2 heterocycles. The highest BCUT2D eigenvalue weighted by molar-refractivity contribution is 5.79. The number of tetrazole rings is 1. The normalized spacial score (nSPS) is 12.3. The summed E-state index contributed by atoms with van der Waals surface area (Å²) in [5.74, 6) is 0.442. The molecule has 0 spiro atoms. The molecule has 1 N–H and O–H groups in total. The molecule has 2 aromatic heterocycles. The molecule has 0 saturated heterocycles. The van der Waals surface area contributed by atoms with Gasteiger partial charge in [0.05, 0.1) is 12.6 Å². The largest absolute Gasteiger partial charge is 0.322 e. The molecule has 8 heteroatoms. The smallest absolute Gasteiger partial charge is 0.252 e. The van der Waals surface area contributed by atoms with Gasteiger partial charge < -0.3 is 4.98 Å². The summed E-state index contributed by atoms with van der Waals surface area (Å²) in [6.07, 6.45) is 1.57. The molecule has 0 fully saturated rings. The highest BCUT2D eigenvalue weighted by atomic mass is 19.1. The fourth-order valence-corrected chi connectivity index (χ4v) is 4.89. The van der Waals surface area contributed by atoms with Crippen LogP contribution in [-0.2, 0) is 19.5 Å². The van der Waals surface area contributed by atoms with Crippen molar-refractivity contribution in [3.63, 3.8) is 0 Å². The maximum atomic E-state index is 13.4. The van der Waals surface area contributed by atoms with E-state index in [9.17, 15) is 9.18 Å². The molecule has 7 nitrogen and oxygen atoms in total. The molecular formula is C30H31FN6O. The van der Waals surface area contributed by atoms with Gasteiger partial charge in [-0.1, -0.05) is 61.5 Å². The third-order valence-corrected chi connectivity index (χ3v) is 6.91. The molecule has 0 aliphatic rings. The average Bonchev–Trinajstić information content (AvgIpc) is 3.37. The second-order valence-corrected chi connectivity index (χ2v) is 9.67. The quantitative estimate of drug-likeness (QED) is 0.279. The minimum Gasteiger partial charge on any atom is -0.322 e. The SMILES string of the molecule is CCC(c1nnnn1Cc1ccc(F)cc1)N(CCc1ccccc1)Cc1cc2ccc(C)cc2[nH]c1=O. The number of hydrogen-bond acceptors (Lipinski definition) is 5. The van der Waals surface area contributed by atoms with Gasteiger partial charge in [0.1, 0.15) is 5.82 Å². The van der Waals surface area contributed by atoms with Crippen LogP contribution >= 0.6 is 0 Å². The number of H-pyrrole nitrogens is 1. The maximum Gasteiger partial charge on any atom is 0.252 e. The Balaban J connectivity index is 1.47. The first-order valence-electron chi connectivity index (χ1n) is 12.9. The van der Waals surface area contributed by atoms with Crippen LogP contribution in [0.1, 0.15) is 47.5 Å². The van der Waals surface area contributed by atoms with Gasteiger partial charge in [-0.3, -0.25) is 9.69 Å². The van der Waals surface area contributed by atoms with Crippen LogP contribution < -0.4 is 5.56 Å². The Bertz CT molecular complexity index is 1560. The number of aromatic nitrogens is 5. The number of aromatic amines is 1. The van der Waals surface area contributed by atoms with Gasteiger partial charge in [-0.25, -0.2) is 9.07 Å². The molecule has 38 heavy (non-hydrogen) atoms. The lowest BCUT2D eigenvalue weighted by Crippen LogP contribution is -2.34. The van der Waals surface area contributed by atoms with Crippen LogP contribution in [0.3, 0.4) is 0 Å². The summed E-state index contributed by atoms with van der Waals surface area (Å²) < 4.78 is 15.2. The minimum absolute atomic E-state index is 0.0893. The minimum atomic E-state index is -0.278. The van der Waals surface area contributed by atoms with E-state index in [1.807, 2.05) is 43.3 Å². The first-order valence-corrected chi connectivity index (χ1v) is 12.9. The Morgan fingerprint density at radius 1 is 1.00 bits per heavy atom. The van der Waals surface area contributed by atoms with Gasteiger partial charge >= 0.3 is 0 Å². The number of aryl methyl sites for hydroxylation is 1.